The lowest BCUT2D eigenvalue weighted by molar-refractivity contribution is -0.141. The van der Waals surface area contributed by atoms with Crippen LogP contribution >= 0.6 is 11.8 Å². The first kappa shape index (κ1) is 23.0. The Hall–Kier alpha value is -2.27. The lowest BCUT2D eigenvalue weighted by atomic mass is 10.1. The van der Waals surface area contributed by atoms with Gasteiger partial charge in [-0.05, 0) is 37.5 Å². The molecule has 2 amide bonds. The molecule has 1 N–H and O–H groups in total. The van der Waals surface area contributed by atoms with Crippen molar-refractivity contribution < 1.29 is 9.59 Å². The highest BCUT2D eigenvalue weighted by atomic mass is 32.2. The van der Waals surface area contributed by atoms with Crippen molar-refractivity contribution in [2.24, 2.45) is 0 Å². The first-order valence-electron chi connectivity index (χ1n) is 10.4. The zero-order chi connectivity index (χ0) is 21.1. The van der Waals surface area contributed by atoms with Gasteiger partial charge in [-0.2, -0.15) is 0 Å². The molecule has 0 spiro atoms. The van der Waals surface area contributed by atoms with Gasteiger partial charge in [0, 0.05) is 30.2 Å². The second-order valence-corrected chi connectivity index (χ2v) is 8.30. The molecule has 29 heavy (non-hydrogen) atoms. The molecule has 0 fully saturated rings. The normalized spacial score (nSPS) is 11.7. The van der Waals surface area contributed by atoms with Crippen molar-refractivity contribution in [2.75, 3.05) is 12.3 Å². The van der Waals surface area contributed by atoms with Crippen molar-refractivity contribution in [1.29, 1.82) is 0 Å². The van der Waals surface area contributed by atoms with Gasteiger partial charge in [-0.3, -0.25) is 9.59 Å². The molecule has 156 valence electrons. The van der Waals surface area contributed by atoms with E-state index in [9.17, 15) is 9.59 Å². The number of rotatable bonds is 11. The van der Waals surface area contributed by atoms with E-state index in [4.69, 9.17) is 0 Å². The van der Waals surface area contributed by atoms with Crippen molar-refractivity contribution >= 4 is 23.6 Å². The number of thioether (sulfide) groups is 1. The number of carbonyl (C=O) groups excluding carboxylic acids is 2. The fourth-order valence-corrected chi connectivity index (χ4v) is 3.95. The molecule has 0 heterocycles. The summed E-state index contributed by atoms with van der Waals surface area (Å²) in [5.74, 6) is 0.651. The largest absolute Gasteiger partial charge is 0.354 e. The average molecular weight is 413 g/mol. The highest BCUT2D eigenvalue weighted by molar-refractivity contribution is 7.99. The van der Waals surface area contributed by atoms with Crippen LogP contribution in [-0.4, -0.2) is 35.1 Å². The lowest BCUT2D eigenvalue weighted by Gasteiger charge is -2.30. The summed E-state index contributed by atoms with van der Waals surface area (Å²) in [7, 11) is 0. The van der Waals surface area contributed by atoms with Gasteiger partial charge < -0.3 is 10.2 Å². The quantitative estimate of drug-likeness (QED) is 0.539. The van der Waals surface area contributed by atoms with Crippen molar-refractivity contribution in [3.63, 3.8) is 0 Å². The van der Waals surface area contributed by atoms with E-state index in [1.165, 1.54) is 5.56 Å². The Morgan fingerprint density at radius 1 is 1.03 bits per heavy atom. The van der Waals surface area contributed by atoms with Crippen molar-refractivity contribution in [1.82, 2.24) is 10.2 Å². The summed E-state index contributed by atoms with van der Waals surface area (Å²) in [5, 5.41) is 2.96. The lowest BCUT2D eigenvalue weighted by Crippen LogP contribution is -2.49. The summed E-state index contributed by atoms with van der Waals surface area (Å²) in [4.78, 5) is 28.7. The molecule has 0 aromatic heterocycles. The summed E-state index contributed by atoms with van der Waals surface area (Å²) in [6.45, 7) is 7.11. The molecule has 2 aromatic rings. The standard InChI is InChI=1S/C24H32N2O2S/c1-4-16-25-24(28)22(5-2)26(18-20-13-11-19(3)12-14-20)23(27)15-17-29-21-9-7-6-8-10-21/h6-14,22H,4-5,15-18H2,1-3H3,(H,25,28). The third kappa shape index (κ3) is 7.58. The smallest absolute Gasteiger partial charge is 0.242 e. The maximum absolute atomic E-state index is 13.1. The van der Waals surface area contributed by atoms with Crippen molar-refractivity contribution in [3.8, 4) is 0 Å². The maximum Gasteiger partial charge on any atom is 0.242 e. The minimum Gasteiger partial charge on any atom is -0.354 e. The van der Waals surface area contributed by atoms with Crippen LogP contribution < -0.4 is 5.32 Å². The molecule has 2 aromatic carbocycles. The second kappa shape index (κ2) is 12.3. The van der Waals surface area contributed by atoms with E-state index < -0.39 is 6.04 Å². The Balaban J connectivity index is 2.09. The third-order valence-electron chi connectivity index (χ3n) is 4.74. The fourth-order valence-electron chi connectivity index (χ4n) is 3.09. The van der Waals surface area contributed by atoms with E-state index in [1.54, 1.807) is 16.7 Å². The molecule has 0 radical (unpaired) electrons. The topological polar surface area (TPSA) is 49.4 Å². The molecule has 4 nitrogen and oxygen atoms in total. The van der Waals surface area contributed by atoms with Gasteiger partial charge in [-0.1, -0.05) is 61.9 Å². The number of nitrogens with zero attached hydrogens (tertiary/aromatic N) is 1. The number of carbonyl (C=O) groups is 2. The summed E-state index contributed by atoms with van der Waals surface area (Å²) >= 11 is 1.67. The molecular formula is C24H32N2O2S. The molecule has 0 aliphatic carbocycles. The van der Waals surface area contributed by atoms with E-state index in [2.05, 4.69) is 5.32 Å². The van der Waals surface area contributed by atoms with Crippen LogP contribution in [0.2, 0.25) is 0 Å². The van der Waals surface area contributed by atoms with Crippen LogP contribution in [0.25, 0.3) is 0 Å². The highest BCUT2D eigenvalue weighted by Gasteiger charge is 2.28. The van der Waals surface area contributed by atoms with Crippen LogP contribution in [0.4, 0.5) is 0 Å². The summed E-state index contributed by atoms with van der Waals surface area (Å²) < 4.78 is 0. The first-order valence-corrected chi connectivity index (χ1v) is 11.3. The molecule has 0 aliphatic rings. The molecule has 5 heteroatoms. The molecule has 2 rings (SSSR count). The Morgan fingerprint density at radius 2 is 1.72 bits per heavy atom. The molecular weight excluding hydrogens is 380 g/mol. The van der Waals surface area contributed by atoms with Gasteiger partial charge in [0.1, 0.15) is 6.04 Å². The third-order valence-corrected chi connectivity index (χ3v) is 5.75. The van der Waals surface area contributed by atoms with Crippen molar-refractivity contribution in [3.05, 3.63) is 65.7 Å². The van der Waals surface area contributed by atoms with Crippen LogP contribution in [0, 0.1) is 6.92 Å². The highest BCUT2D eigenvalue weighted by Crippen LogP contribution is 2.20. The van der Waals surface area contributed by atoms with Crippen LogP contribution in [0.15, 0.2) is 59.5 Å². The minimum absolute atomic E-state index is 0.0208. The number of benzene rings is 2. The number of aryl methyl sites for hydroxylation is 1. The van der Waals surface area contributed by atoms with Crippen molar-refractivity contribution in [2.45, 2.75) is 57.5 Å². The Labute approximate surface area is 179 Å². The average Bonchev–Trinajstić information content (AvgIpc) is 2.74. The monoisotopic (exact) mass is 412 g/mol. The van der Waals surface area contributed by atoms with Gasteiger partial charge in [-0.25, -0.2) is 0 Å². The number of hydrogen-bond acceptors (Lipinski definition) is 3. The van der Waals surface area contributed by atoms with Crippen LogP contribution in [-0.2, 0) is 16.1 Å². The van der Waals surface area contributed by atoms with E-state index in [-0.39, 0.29) is 11.8 Å². The molecule has 0 aliphatic heterocycles. The van der Waals surface area contributed by atoms with E-state index >= 15 is 0 Å². The second-order valence-electron chi connectivity index (χ2n) is 7.13. The fraction of sp³-hybridized carbons (Fsp3) is 0.417. The number of amides is 2. The molecule has 0 bridgehead atoms. The van der Waals surface area contributed by atoms with Crippen LogP contribution in [0.3, 0.4) is 0 Å². The van der Waals surface area contributed by atoms with Gasteiger partial charge in [0.05, 0.1) is 0 Å². The Morgan fingerprint density at radius 3 is 2.34 bits per heavy atom. The maximum atomic E-state index is 13.1. The summed E-state index contributed by atoms with van der Waals surface area (Å²) in [5.41, 5.74) is 2.22. The van der Waals surface area contributed by atoms with Gasteiger partial charge in [0.2, 0.25) is 11.8 Å². The summed E-state index contributed by atoms with van der Waals surface area (Å²) in [6, 6.07) is 17.8. The number of hydrogen-bond donors (Lipinski definition) is 1. The Bertz CT molecular complexity index is 762. The zero-order valence-electron chi connectivity index (χ0n) is 17.7. The molecule has 0 saturated carbocycles. The van der Waals surface area contributed by atoms with Crippen LogP contribution in [0.1, 0.15) is 44.2 Å². The zero-order valence-corrected chi connectivity index (χ0v) is 18.5. The predicted octanol–water partition coefficient (Wildman–Crippen LogP) is 4.81. The first-order chi connectivity index (χ1) is 14.0. The van der Waals surface area contributed by atoms with E-state index in [1.807, 2.05) is 75.4 Å². The van der Waals surface area contributed by atoms with Gasteiger partial charge in [0.25, 0.3) is 0 Å². The molecule has 0 saturated heterocycles. The van der Waals surface area contributed by atoms with E-state index in [0.717, 1.165) is 16.9 Å². The van der Waals surface area contributed by atoms with Gasteiger partial charge >= 0.3 is 0 Å². The predicted molar refractivity (Wildman–Crippen MR) is 121 cm³/mol. The van der Waals surface area contributed by atoms with Gasteiger partial charge in [0.15, 0.2) is 0 Å². The van der Waals surface area contributed by atoms with E-state index in [0.29, 0.717) is 31.7 Å². The van der Waals surface area contributed by atoms with Gasteiger partial charge in [-0.15, -0.1) is 11.8 Å². The summed E-state index contributed by atoms with van der Waals surface area (Å²) in [6.07, 6.45) is 1.88. The minimum atomic E-state index is -0.447. The van der Waals surface area contributed by atoms with Crippen LogP contribution in [0.5, 0.6) is 0 Å². The number of nitrogens with one attached hydrogen (secondary N) is 1. The molecule has 1 atom stereocenters. The SMILES string of the molecule is CCCNC(=O)C(CC)N(Cc1ccc(C)cc1)C(=O)CCSc1ccccc1. The Kier molecular flexibility index (Phi) is 9.78. The molecule has 1 unspecified atom stereocenters.